The summed E-state index contributed by atoms with van der Waals surface area (Å²) >= 11 is 0. The summed E-state index contributed by atoms with van der Waals surface area (Å²) in [5.74, 6) is 0.794. The quantitative estimate of drug-likeness (QED) is 0.539. The average Bonchev–Trinajstić information content (AvgIpc) is 2.57. The predicted octanol–water partition coefficient (Wildman–Crippen LogP) is 3.52. The number of hydrogen-bond donors (Lipinski definition) is 0. The van der Waals surface area contributed by atoms with Gasteiger partial charge in [0.2, 0.25) is 11.2 Å². The monoisotopic (exact) mass is 326 g/mol. The smallest absolute Gasteiger partial charge is 0.308 e. The third-order valence-corrected chi connectivity index (χ3v) is 3.26. The molecular formula is C18H14O6. The maximum Gasteiger partial charge on any atom is 0.308 e. The molecule has 2 aromatic carbocycles. The van der Waals surface area contributed by atoms with Crippen molar-refractivity contribution >= 4 is 16.9 Å². The van der Waals surface area contributed by atoms with E-state index in [1.165, 1.54) is 38.5 Å². The summed E-state index contributed by atoms with van der Waals surface area (Å²) in [5, 5.41) is 0.318. The summed E-state index contributed by atoms with van der Waals surface area (Å²) in [6, 6.07) is 11.5. The predicted molar refractivity (Wildman–Crippen MR) is 86.9 cm³/mol. The van der Waals surface area contributed by atoms with E-state index < -0.39 is 5.97 Å². The lowest BCUT2D eigenvalue weighted by atomic mass is 10.2. The Balaban J connectivity index is 2.00. The van der Waals surface area contributed by atoms with Gasteiger partial charge in [-0.2, -0.15) is 0 Å². The molecule has 0 saturated heterocycles. The van der Waals surface area contributed by atoms with Crippen LogP contribution in [-0.4, -0.2) is 13.1 Å². The number of esters is 1. The lowest BCUT2D eigenvalue weighted by Crippen LogP contribution is -2.06. The summed E-state index contributed by atoms with van der Waals surface area (Å²) in [4.78, 5) is 23.5. The highest BCUT2D eigenvalue weighted by Crippen LogP contribution is 2.30. The molecule has 1 aromatic heterocycles. The molecular weight excluding hydrogens is 312 g/mol. The standard InChI is InChI=1S/C18H14O6/c1-11(19)23-12-7-8-13-16(9-12)22-10-17(18(13)20)24-15-6-4-3-5-14(15)21-2/h3-10H,1-2H3. The second kappa shape index (κ2) is 6.45. The third-order valence-electron chi connectivity index (χ3n) is 3.26. The van der Waals surface area contributed by atoms with Crippen LogP contribution in [0.25, 0.3) is 11.0 Å². The lowest BCUT2D eigenvalue weighted by molar-refractivity contribution is -0.131. The van der Waals surface area contributed by atoms with E-state index in [1.54, 1.807) is 24.3 Å². The fourth-order valence-corrected chi connectivity index (χ4v) is 2.21. The van der Waals surface area contributed by atoms with Crippen molar-refractivity contribution in [3.8, 4) is 23.0 Å². The Morgan fingerprint density at radius 1 is 1.04 bits per heavy atom. The van der Waals surface area contributed by atoms with Gasteiger partial charge >= 0.3 is 5.97 Å². The molecule has 3 aromatic rings. The molecule has 24 heavy (non-hydrogen) atoms. The van der Waals surface area contributed by atoms with Crippen molar-refractivity contribution in [2.75, 3.05) is 7.11 Å². The minimum atomic E-state index is -0.451. The lowest BCUT2D eigenvalue weighted by Gasteiger charge is -2.09. The number of hydrogen-bond acceptors (Lipinski definition) is 6. The average molecular weight is 326 g/mol. The van der Waals surface area contributed by atoms with Crippen LogP contribution >= 0.6 is 0 Å². The number of para-hydroxylation sites is 2. The minimum Gasteiger partial charge on any atom is -0.493 e. The summed E-state index contributed by atoms with van der Waals surface area (Å²) in [6.07, 6.45) is 1.22. The molecule has 1 heterocycles. The van der Waals surface area contributed by atoms with E-state index in [1.807, 2.05) is 0 Å². The molecule has 0 aliphatic carbocycles. The normalized spacial score (nSPS) is 10.4. The first-order valence-corrected chi connectivity index (χ1v) is 7.13. The Morgan fingerprint density at radius 3 is 2.50 bits per heavy atom. The van der Waals surface area contributed by atoms with Crippen LogP contribution < -0.4 is 19.6 Å². The number of carbonyl (C=O) groups is 1. The molecule has 6 nitrogen and oxygen atoms in total. The minimum absolute atomic E-state index is 0.0345. The van der Waals surface area contributed by atoms with Crippen LogP contribution in [0, 0.1) is 0 Å². The zero-order chi connectivity index (χ0) is 17.1. The van der Waals surface area contributed by atoms with E-state index in [9.17, 15) is 9.59 Å². The number of methoxy groups -OCH3 is 1. The van der Waals surface area contributed by atoms with Crippen molar-refractivity contribution < 1.29 is 23.4 Å². The molecule has 0 saturated carbocycles. The van der Waals surface area contributed by atoms with Gasteiger partial charge in [-0.1, -0.05) is 12.1 Å². The number of rotatable bonds is 4. The molecule has 0 aliphatic rings. The maximum absolute atomic E-state index is 12.5. The van der Waals surface area contributed by atoms with Crippen LogP contribution in [0.3, 0.4) is 0 Å². The highest BCUT2D eigenvalue weighted by atomic mass is 16.5. The van der Waals surface area contributed by atoms with Crippen LogP contribution in [0.2, 0.25) is 0 Å². The van der Waals surface area contributed by atoms with Crippen LogP contribution in [0.5, 0.6) is 23.0 Å². The highest BCUT2D eigenvalue weighted by molar-refractivity contribution is 5.80. The first-order valence-electron chi connectivity index (χ1n) is 7.13. The Hall–Kier alpha value is -3.28. The van der Waals surface area contributed by atoms with Crippen molar-refractivity contribution in [2.24, 2.45) is 0 Å². The molecule has 6 heteroatoms. The second-order valence-corrected chi connectivity index (χ2v) is 4.93. The topological polar surface area (TPSA) is 75.0 Å². The zero-order valence-corrected chi connectivity index (χ0v) is 13.1. The molecule has 0 fully saturated rings. The van der Waals surface area contributed by atoms with Crippen molar-refractivity contribution in [3.05, 3.63) is 59.0 Å². The number of fused-ring (bicyclic) bond motifs is 1. The van der Waals surface area contributed by atoms with Gasteiger partial charge in [0.1, 0.15) is 17.6 Å². The molecule has 122 valence electrons. The second-order valence-electron chi connectivity index (χ2n) is 4.93. The van der Waals surface area contributed by atoms with Crippen molar-refractivity contribution in [2.45, 2.75) is 6.92 Å². The molecule has 0 spiro atoms. The largest absolute Gasteiger partial charge is 0.493 e. The van der Waals surface area contributed by atoms with Crippen molar-refractivity contribution in [1.29, 1.82) is 0 Å². The fraction of sp³-hybridized carbons (Fsp3) is 0.111. The van der Waals surface area contributed by atoms with Gasteiger partial charge in [0, 0.05) is 13.0 Å². The van der Waals surface area contributed by atoms with Crippen molar-refractivity contribution in [1.82, 2.24) is 0 Å². The Kier molecular flexibility index (Phi) is 4.20. The highest BCUT2D eigenvalue weighted by Gasteiger charge is 2.12. The van der Waals surface area contributed by atoms with Gasteiger partial charge in [-0.25, -0.2) is 0 Å². The first-order chi connectivity index (χ1) is 11.6. The molecule has 0 atom stereocenters. The van der Waals surface area contributed by atoms with E-state index in [0.717, 1.165) is 0 Å². The van der Waals surface area contributed by atoms with Crippen LogP contribution in [0.4, 0.5) is 0 Å². The molecule has 0 aliphatic heterocycles. The zero-order valence-electron chi connectivity index (χ0n) is 13.1. The number of ether oxygens (including phenoxy) is 3. The van der Waals surface area contributed by atoms with Crippen LogP contribution in [0.1, 0.15) is 6.92 Å². The Labute approximate surface area is 137 Å². The fourth-order valence-electron chi connectivity index (χ4n) is 2.21. The number of carbonyl (C=O) groups excluding carboxylic acids is 1. The third kappa shape index (κ3) is 3.08. The van der Waals surface area contributed by atoms with Gasteiger partial charge in [-0.15, -0.1) is 0 Å². The summed E-state index contributed by atoms with van der Waals surface area (Å²) in [6.45, 7) is 1.30. The van der Waals surface area contributed by atoms with Crippen molar-refractivity contribution in [3.63, 3.8) is 0 Å². The molecule has 0 bridgehead atoms. The van der Waals surface area contributed by atoms with Gasteiger partial charge in [0.15, 0.2) is 11.5 Å². The summed E-state index contributed by atoms with van der Waals surface area (Å²) in [5.41, 5.74) is -0.0392. The molecule has 0 N–H and O–H groups in total. The van der Waals surface area contributed by atoms with Gasteiger partial charge in [0.05, 0.1) is 12.5 Å². The molecule has 3 rings (SSSR count). The molecule has 0 radical (unpaired) electrons. The van der Waals surface area contributed by atoms with E-state index in [2.05, 4.69) is 0 Å². The SMILES string of the molecule is COc1ccccc1Oc1coc2cc(OC(C)=O)ccc2c1=O. The summed E-state index contributed by atoms with van der Waals surface area (Å²) in [7, 11) is 1.52. The van der Waals surface area contributed by atoms with Crippen LogP contribution in [0.15, 0.2) is 57.9 Å². The molecule has 0 amide bonds. The Bertz CT molecular complexity index is 957. The van der Waals surface area contributed by atoms with E-state index >= 15 is 0 Å². The Morgan fingerprint density at radius 2 is 1.79 bits per heavy atom. The maximum atomic E-state index is 12.5. The summed E-state index contributed by atoms with van der Waals surface area (Å²) < 4.78 is 21.2. The van der Waals surface area contributed by atoms with E-state index in [-0.39, 0.29) is 11.2 Å². The van der Waals surface area contributed by atoms with E-state index in [0.29, 0.717) is 28.2 Å². The van der Waals surface area contributed by atoms with E-state index in [4.69, 9.17) is 18.6 Å². The van der Waals surface area contributed by atoms with Gasteiger partial charge < -0.3 is 18.6 Å². The van der Waals surface area contributed by atoms with Gasteiger partial charge in [-0.05, 0) is 24.3 Å². The van der Waals surface area contributed by atoms with Crippen LogP contribution in [-0.2, 0) is 4.79 Å². The molecule has 0 unspecified atom stereocenters. The van der Waals surface area contributed by atoms with Gasteiger partial charge in [-0.3, -0.25) is 9.59 Å². The first kappa shape index (κ1) is 15.6. The van der Waals surface area contributed by atoms with Gasteiger partial charge in [0.25, 0.3) is 0 Å². The number of benzene rings is 2.